The number of hydrogen-bond acceptors (Lipinski definition) is 5. The molecule has 0 radical (unpaired) electrons. The largest absolute Gasteiger partial charge is 0.493 e. The van der Waals surface area contributed by atoms with Crippen LogP contribution in [0.3, 0.4) is 0 Å². The SMILES string of the molecule is COc1ccc(C(=O)N=c2sccn2Cc2cccc(C(=O)N3CCCC3)c2)cc1OC. The van der Waals surface area contributed by atoms with Gasteiger partial charge in [-0.05, 0) is 48.7 Å². The van der Waals surface area contributed by atoms with Gasteiger partial charge in [-0.15, -0.1) is 11.3 Å². The zero-order chi connectivity index (χ0) is 22.5. The number of methoxy groups -OCH3 is 2. The second-order valence-corrected chi connectivity index (χ2v) is 8.37. The summed E-state index contributed by atoms with van der Waals surface area (Å²) in [6.07, 6.45) is 4.02. The molecular formula is C24H25N3O4S. The van der Waals surface area contributed by atoms with Gasteiger partial charge in [-0.3, -0.25) is 9.59 Å². The fourth-order valence-corrected chi connectivity index (χ4v) is 4.46. The topological polar surface area (TPSA) is 73.1 Å². The lowest BCUT2D eigenvalue weighted by molar-refractivity contribution is 0.0792. The molecule has 1 aromatic heterocycles. The first-order chi connectivity index (χ1) is 15.6. The lowest BCUT2D eigenvalue weighted by atomic mass is 10.1. The van der Waals surface area contributed by atoms with Gasteiger partial charge in [0.2, 0.25) is 0 Å². The van der Waals surface area contributed by atoms with Crippen LogP contribution in [0.4, 0.5) is 0 Å². The lowest BCUT2D eigenvalue weighted by Crippen LogP contribution is -2.27. The van der Waals surface area contributed by atoms with E-state index in [4.69, 9.17) is 9.47 Å². The maximum Gasteiger partial charge on any atom is 0.279 e. The number of carbonyl (C=O) groups excluding carboxylic acids is 2. The predicted molar refractivity (Wildman–Crippen MR) is 122 cm³/mol. The summed E-state index contributed by atoms with van der Waals surface area (Å²) in [5, 5.41) is 1.89. The van der Waals surface area contributed by atoms with Gasteiger partial charge in [0.25, 0.3) is 11.8 Å². The number of thiazole rings is 1. The van der Waals surface area contributed by atoms with Crippen molar-refractivity contribution in [2.75, 3.05) is 27.3 Å². The summed E-state index contributed by atoms with van der Waals surface area (Å²) in [6.45, 7) is 2.16. The van der Waals surface area contributed by atoms with Gasteiger partial charge in [0, 0.05) is 42.3 Å². The third kappa shape index (κ3) is 4.75. The summed E-state index contributed by atoms with van der Waals surface area (Å²) in [5.74, 6) is 0.749. The molecule has 2 amide bonds. The van der Waals surface area contributed by atoms with Crippen molar-refractivity contribution in [3.8, 4) is 11.5 Å². The third-order valence-corrected chi connectivity index (χ3v) is 6.20. The van der Waals surface area contributed by atoms with E-state index in [9.17, 15) is 9.59 Å². The molecule has 7 nitrogen and oxygen atoms in total. The molecule has 2 aromatic carbocycles. The highest BCUT2D eigenvalue weighted by atomic mass is 32.1. The van der Waals surface area contributed by atoms with Gasteiger partial charge in [-0.1, -0.05) is 12.1 Å². The molecule has 0 spiro atoms. The van der Waals surface area contributed by atoms with Crippen molar-refractivity contribution in [3.05, 3.63) is 75.5 Å². The maximum absolute atomic E-state index is 12.8. The van der Waals surface area contributed by atoms with Crippen molar-refractivity contribution in [1.82, 2.24) is 9.47 Å². The van der Waals surface area contributed by atoms with Crippen LogP contribution in [0.5, 0.6) is 11.5 Å². The second-order valence-electron chi connectivity index (χ2n) is 7.50. The van der Waals surface area contributed by atoms with Gasteiger partial charge in [-0.2, -0.15) is 4.99 Å². The Morgan fingerprint density at radius 1 is 1.00 bits per heavy atom. The van der Waals surface area contributed by atoms with E-state index in [1.807, 2.05) is 45.3 Å². The minimum atomic E-state index is -0.361. The van der Waals surface area contributed by atoms with Crippen LogP contribution in [-0.4, -0.2) is 48.6 Å². The Morgan fingerprint density at radius 3 is 2.53 bits per heavy atom. The average molecular weight is 452 g/mol. The van der Waals surface area contributed by atoms with E-state index >= 15 is 0 Å². The van der Waals surface area contributed by atoms with E-state index in [-0.39, 0.29) is 11.8 Å². The van der Waals surface area contributed by atoms with Crippen LogP contribution in [0.25, 0.3) is 0 Å². The average Bonchev–Trinajstić information content (AvgIpc) is 3.51. The molecule has 166 valence electrons. The molecule has 1 saturated heterocycles. The maximum atomic E-state index is 12.8. The number of hydrogen-bond donors (Lipinski definition) is 0. The number of amides is 2. The molecule has 1 fully saturated rings. The molecule has 32 heavy (non-hydrogen) atoms. The first-order valence-electron chi connectivity index (χ1n) is 10.4. The molecular weight excluding hydrogens is 426 g/mol. The Hall–Kier alpha value is -3.39. The molecule has 4 rings (SSSR count). The molecule has 1 aliphatic heterocycles. The van der Waals surface area contributed by atoms with Crippen molar-refractivity contribution in [1.29, 1.82) is 0 Å². The predicted octanol–water partition coefficient (Wildman–Crippen LogP) is 3.59. The van der Waals surface area contributed by atoms with Gasteiger partial charge in [-0.25, -0.2) is 0 Å². The summed E-state index contributed by atoms with van der Waals surface area (Å²) >= 11 is 1.38. The molecule has 0 N–H and O–H groups in total. The molecule has 2 heterocycles. The highest BCUT2D eigenvalue weighted by Crippen LogP contribution is 2.27. The number of carbonyl (C=O) groups is 2. The van der Waals surface area contributed by atoms with Crippen LogP contribution in [0.15, 0.2) is 59.0 Å². The highest BCUT2D eigenvalue weighted by Gasteiger charge is 2.19. The molecule has 0 unspecified atom stereocenters. The summed E-state index contributed by atoms with van der Waals surface area (Å²) in [5.41, 5.74) is 2.09. The van der Waals surface area contributed by atoms with E-state index in [1.165, 1.54) is 18.4 Å². The normalized spacial score (nSPS) is 13.9. The first-order valence-corrected chi connectivity index (χ1v) is 11.3. The van der Waals surface area contributed by atoms with E-state index in [2.05, 4.69) is 4.99 Å². The van der Waals surface area contributed by atoms with Crippen LogP contribution in [0.2, 0.25) is 0 Å². The van der Waals surface area contributed by atoms with Crippen molar-refractivity contribution < 1.29 is 19.1 Å². The van der Waals surface area contributed by atoms with Gasteiger partial charge < -0.3 is 18.9 Å². The van der Waals surface area contributed by atoms with Crippen LogP contribution in [-0.2, 0) is 6.54 Å². The Balaban J connectivity index is 1.55. The quantitative estimate of drug-likeness (QED) is 0.574. The lowest BCUT2D eigenvalue weighted by Gasteiger charge is -2.15. The standard InChI is InChI=1S/C24H25N3O4S/c1-30-20-9-8-18(15-21(20)31-2)22(28)25-24-27(12-13-32-24)16-17-6-5-7-19(14-17)23(29)26-10-3-4-11-26/h5-9,12-15H,3-4,10-11,16H2,1-2H3. The van der Waals surface area contributed by atoms with Crippen molar-refractivity contribution in [2.45, 2.75) is 19.4 Å². The highest BCUT2D eigenvalue weighted by molar-refractivity contribution is 7.07. The van der Waals surface area contributed by atoms with Crippen LogP contribution in [0.1, 0.15) is 39.1 Å². The fourth-order valence-electron chi connectivity index (χ4n) is 3.73. The molecule has 1 aliphatic rings. The van der Waals surface area contributed by atoms with Gasteiger partial charge in [0.15, 0.2) is 16.3 Å². The molecule has 3 aromatic rings. The Labute approximate surface area is 190 Å². The number of nitrogens with zero attached hydrogens (tertiary/aromatic N) is 3. The van der Waals surface area contributed by atoms with Crippen LogP contribution in [0, 0.1) is 0 Å². The zero-order valence-corrected chi connectivity index (χ0v) is 18.9. The minimum absolute atomic E-state index is 0.0770. The second kappa shape index (κ2) is 9.82. The third-order valence-electron chi connectivity index (χ3n) is 5.41. The van der Waals surface area contributed by atoms with Gasteiger partial charge >= 0.3 is 0 Å². The molecule has 0 atom stereocenters. The Bertz CT molecular complexity index is 1190. The van der Waals surface area contributed by atoms with Crippen LogP contribution >= 0.6 is 11.3 Å². The number of aromatic nitrogens is 1. The number of ether oxygens (including phenoxy) is 2. The summed E-state index contributed by atoms with van der Waals surface area (Å²) in [7, 11) is 3.07. The van der Waals surface area contributed by atoms with E-state index < -0.39 is 0 Å². The van der Waals surface area contributed by atoms with E-state index in [0.717, 1.165) is 31.5 Å². The number of rotatable bonds is 6. The zero-order valence-electron chi connectivity index (χ0n) is 18.1. The summed E-state index contributed by atoms with van der Waals surface area (Å²) in [4.78, 5) is 32.3. The first kappa shape index (κ1) is 21.8. The molecule has 8 heteroatoms. The fraction of sp³-hybridized carbons (Fsp3) is 0.292. The molecule has 0 saturated carbocycles. The molecule has 0 bridgehead atoms. The number of benzene rings is 2. The van der Waals surface area contributed by atoms with E-state index in [1.54, 1.807) is 25.3 Å². The summed E-state index contributed by atoms with van der Waals surface area (Å²) in [6, 6.07) is 12.6. The molecule has 0 aliphatic carbocycles. The van der Waals surface area contributed by atoms with Crippen molar-refractivity contribution in [2.24, 2.45) is 4.99 Å². The minimum Gasteiger partial charge on any atom is -0.493 e. The van der Waals surface area contributed by atoms with Gasteiger partial charge in [0.05, 0.1) is 14.2 Å². The Morgan fingerprint density at radius 2 is 1.78 bits per heavy atom. The van der Waals surface area contributed by atoms with Crippen LogP contribution < -0.4 is 14.3 Å². The summed E-state index contributed by atoms with van der Waals surface area (Å²) < 4.78 is 12.4. The smallest absolute Gasteiger partial charge is 0.279 e. The monoisotopic (exact) mass is 451 g/mol. The van der Waals surface area contributed by atoms with Crippen molar-refractivity contribution in [3.63, 3.8) is 0 Å². The number of likely N-dealkylation sites (tertiary alicyclic amines) is 1. The van der Waals surface area contributed by atoms with Gasteiger partial charge in [0.1, 0.15) is 0 Å². The van der Waals surface area contributed by atoms with Crippen molar-refractivity contribution >= 4 is 23.2 Å². The van der Waals surface area contributed by atoms with E-state index in [0.29, 0.717) is 34.0 Å². The Kier molecular flexibility index (Phi) is 6.70.